The first-order valence-corrected chi connectivity index (χ1v) is 11.2. The van der Waals surface area contributed by atoms with Crippen molar-refractivity contribution in [1.29, 1.82) is 0 Å². The molecular weight excluding hydrogens is 443 g/mol. The number of amides is 1. The lowest BCUT2D eigenvalue weighted by atomic mass is 10.2. The average molecular weight is 463 g/mol. The molecular formula is C24H19FN4O3S. The van der Waals surface area contributed by atoms with Crippen molar-refractivity contribution in [3.05, 3.63) is 78.6 Å². The van der Waals surface area contributed by atoms with Gasteiger partial charge in [-0.05, 0) is 48.5 Å². The zero-order chi connectivity index (χ0) is 22.6. The van der Waals surface area contributed by atoms with Crippen LogP contribution >= 0.6 is 11.8 Å². The Balaban J connectivity index is 1.35. The van der Waals surface area contributed by atoms with Crippen LogP contribution in [0.5, 0.6) is 11.5 Å². The molecule has 0 radical (unpaired) electrons. The highest BCUT2D eigenvalue weighted by Gasteiger charge is 2.18. The second-order valence-corrected chi connectivity index (χ2v) is 8.12. The Hall–Kier alpha value is -3.85. The van der Waals surface area contributed by atoms with E-state index in [0.29, 0.717) is 41.4 Å². The van der Waals surface area contributed by atoms with Crippen LogP contribution in [0.1, 0.15) is 0 Å². The smallest absolute Gasteiger partial charge is 0.234 e. The molecule has 33 heavy (non-hydrogen) atoms. The van der Waals surface area contributed by atoms with Gasteiger partial charge in [-0.15, -0.1) is 10.2 Å². The highest BCUT2D eigenvalue weighted by Crippen LogP contribution is 2.33. The van der Waals surface area contributed by atoms with Gasteiger partial charge in [0.25, 0.3) is 0 Å². The van der Waals surface area contributed by atoms with E-state index in [1.807, 2.05) is 34.9 Å². The van der Waals surface area contributed by atoms with Crippen LogP contribution in [0.4, 0.5) is 10.1 Å². The molecule has 5 rings (SSSR count). The van der Waals surface area contributed by atoms with Gasteiger partial charge in [0, 0.05) is 23.0 Å². The molecule has 4 aromatic rings. The molecule has 1 aromatic heterocycles. The van der Waals surface area contributed by atoms with E-state index in [2.05, 4.69) is 15.5 Å². The molecule has 0 saturated heterocycles. The van der Waals surface area contributed by atoms with Gasteiger partial charge in [0.05, 0.1) is 5.75 Å². The van der Waals surface area contributed by atoms with E-state index in [-0.39, 0.29) is 17.5 Å². The summed E-state index contributed by atoms with van der Waals surface area (Å²) in [6.45, 7) is 0.989. The van der Waals surface area contributed by atoms with Gasteiger partial charge in [-0.25, -0.2) is 4.39 Å². The maximum absolute atomic E-state index is 13.4. The highest BCUT2D eigenvalue weighted by atomic mass is 32.2. The normalized spacial score (nSPS) is 12.4. The molecule has 166 valence electrons. The van der Waals surface area contributed by atoms with E-state index < -0.39 is 0 Å². The summed E-state index contributed by atoms with van der Waals surface area (Å²) in [5.41, 5.74) is 2.19. The number of carbonyl (C=O) groups excluding carboxylic acids is 1. The number of fused-ring (bicyclic) bond motifs is 1. The van der Waals surface area contributed by atoms with Crippen molar-refractivity contribution >= 4 is 23.4 Å². The lowest BCUT2D eigenvalue weighted by molar-refractivity contribution is -0.113. The van der Waals surface area contributed by atoms with E-state index in [1.165, 1.54) is 23.9 Å². The molecule has 9 heteroatoms. The Kier molecular flexibility index (Phi) is 5.95. The second-order valence-electron chi connectivity index (χ2n) is 7.18. The summed E-state index contributed by atoms with van der Waals surface area (Å²) < 4.78 is 26.3. The third kappa shape index (κ3) is 4.68. The van der Waals surface area contributed by atoms with Gasteiger partial charge < -0.3 is 14.8 Å². The summed E-state index contributed by atoms with van der Waals surface area (Å²) in [6.07, 6.45) is 0. The number of nitrogens with one attached hydrogen (secondary N) is 1. The Labute approximate surface area is 193 Å². The highest BCUT2D eigenvalue weighted by molar-refractivity contribution is 7.99. The molecule has 0 spiro atoms. The van der Waals surface area contributed by atoms with E-state index >= 15 is 0 Å². The third-order valence-electron chi connectivity index (χ3n) is 4.91. The van der Waals surface area contributed by atoms with Crippen LogP contribution in [-0.4, -0.2) is 39.6 Å². The summed E-state index contributed by atoms with van der Waals surface area (Å²) >= 11 is 1.26. The van der Waals surface area contributed by atoms with Crippen molar-refractivity contribution in [2.45, 2.75) is 5.16 Å². The number of rotatable bonds is 6. The molecule has 1 aliphatic heterocycles. The zero-order valence-electron chi connectivity index (χ0n) is 17.4. The van der Waals surface area contributed by atoms with Crippen LogP contribution in [0, 0.1) is 5.82 Å². The van der Waals surface area contributed by atoms with Gasteiger partial charge in [0.1, 0.15) is 19.0 Å². The van der Waals surface area contributed by atoms with Gasteiger partial charge >= 0.3 is 0 Å². The number of halogens is 1. The van der Waals surface area contributed by atoms with E-state index in [9.17, 15) is 9.18 Å². The number of para-hydroxylation sites is 1. The topological polar surface area (TPSA) is 78.3 Å². The third-order valence-corrected chi connectivity index (χ3v) is 5.84. The Morgan fingerprint density at radius 3 is 2.52 bits per heavy atom. The van der Waals surface area contributed by atoms with Crippen molar-refractivity contribution < 1.29 is 18.7 Å². The van der Waals surface area contributed by atoms with Gasteiger partial charge in [-0.2, -0.15) is 0 Å². The van der Waals surface area contributed by atoms with Crippen LogP contribution in [-0.2, 0) is 4.79 Å². The zero-order valence-corrected chi connectivity index (χ0v) is 18.2. The number of ether oxygens (including phenoxy) is 2. The molecule has 0 atom stereocenters. The molecule has 1 aliphatic rings. The number of hydrogen-bond acceptors (Lipinski definition) is 6. The van der Waals surface area contributed by atoms with Crippen LogP contribution in [0.3, 0.4) is 0 Å². The van der Waals surface area contributed by atoms with Crippen molar-refractivity contribution in [3.63, 3.8) is 0 Å². The molecule has 7 nitrogen and oxygen atoms in total. The van der Waals surface area contributed by atoms with Crippen LogP contribution in [0.25, 0.3) is 17.1 Å². The predicted molar refractivity (Wildman–Crippen MR) is 124 cm³/mol. The lowest BCUT2D eigenvalue weighted by Crippen LogP contribution is -2.17. The van der Waals surface area contributed by atoms with Crippen molar-refractivity contribution in [1.82, 2.24) is 14.8 Å². The monoisotopic (exact) mass is 462 g/mol. The molecule has 1 amide bonds. The van der Waals surface area contributed by atoms with Crippen LogP contribution < -0.4 is 14.8 Å². The molecule has 0 fully saturated rings. The number of nitrogens with zero attached hydrogens (tertiary/aromatic N) is 3. The number of anilines is 1. The molecule has 0 bridgehead atoms. The molecule has 0 aliphatic carbocycles. The number of carbonyl (C=O) groups is 1. The average Bonchev–Trinajstić information content (AvgIpc) is 3.28. The maximum Gasteiger partial charge on any atom is 0.234 e. The lowest BCUT2D eigenvalue weighted by Gasteiger charge is -2.19. The van der Waals surface area contributed by atoms with Crippen molar-refractivity contribution in [3.8, 4) is 28.6 Å². The standard InChI is InChI=1S/C24H19FN4O3S/c25-17-8-6-16(7-9-17)23-27-28-24(29(23)19-4-2-1-3-5-19)33-15-22(30)26-18-10-11-20-21(14-18)32-13-12-31-20/h1-11,14H,12-13,15H2,(H,26,30). The minimum Gasteiger partial charge on any atom is -0.486 e. The minimum atomic E-state index is -0.324. The molecule has 3 aromatic carbocycles. The van der Waals surface area contributed by atoms with Crippen molar-refractivity contribution in [2.75, 3.05) is 24.3 Å². The van der Waals surface area contributed by atoms with E-state index in [1.54, 1.807) is 30.3 Å². The fourth-order valence-corrected chi connectivity index (χ4v) is 4.16. The maximum atomic E-state index is 13.4. The molecule has 2 heterocycles. The second kappa shape index (κ2) is 9.33. The fourth-order valence-electron chi connectivity index (χ4n) is 3.41. The van der Waals surface area contributed by atoms with Gasteiger partial charge in [-0.1, -0.05) is 30.0 Å². The Morgan fingerprint density at radius 1 is 0.970 bits per heavy atom. The van der Waals surface area contributed by atoms with Crippen LogP contribution in [0.15, 0.2) is 78.0 Å². The summed E-state index contributed by atoms with van der Waals surface area (Å²) in [5, 5.41) is 12.0. The summed E-state index contributed by atoms with van der Waals surface area (Å²) in [6, 6.07) is 21.0. The number of thioether (sulfide) groups is 1. The van der Waals surface area contributed by atoms with E-state index in [4.69, 9.17) is 9.47 Å². The quantitative estimate of drug-likeness (QED) is 0.423. The van der Waals surface area contributed by atoms with Crippen molar-refractivity contribution in [2.24, 2.45) is 0 Å². The largest absolute Gasteiger partial charge is 0.486 e. The number of benzene rings is 3. The fraction of sp³-hybridized carbons (Fsp3) is 0.125. The predicted octanol–water partition coefficient (Wildman–Crippen LogP) is 4.58. The summed E-state index contributed by atoms with van der Waals surface area (Å²) in [7, 11) is 0. The first kappa shape index (κ1) is 21.0. The first-order chi connectivity index (χ1) is 16.2. The molecule has 0 saturated carbocycles. The molecule has 1 N–H and O–H groups in total. The Morgan fingerprint density at radius 2 is 1.73 bits per heavy atom. The van der Waals surface area contributed by atoms with E-state index in [0.717, 1.165) is 11.3 Å². The Bertz CT molecular complexity index is 1280. The number of aromatic nitrogens is 3. The summed E-state index contributed by atoms with van der Waals surface area (Å²) in [4.78, 5) is 12.6. The van der Waals surface area contributed by atoms with Gasteiger partial charge in [0.15, 0.2) is 22.5 Å². The van der Waals surface area contributed by atoms with Crippen LogP contribution in [0.2, 0.25) is 0 Å². The number of hydrogen-bond donors (Lipinski definition) is 1. The molecule has 0 unspecified atom stereocenters. The minimum absolute atomic E-state index is 0.128. The van der Waals surface area contributed by atoms with Gasteiger partial charge in [-0.3, -0.25) is 9.36 Å². The van der Waals surface area contributed by atoms with Gasteiger partial charge in [0.2, 0.25) is 5.91 Å². The summed E-state index contributed by atoms with van der Waals surface area (Å²) in [5.74, 6) is 1.45. The SMILES string of the molecule is O=C(CSc1nnc(-c2ccc(F)cc2)n1-c1ccccc1)Nc1ccc2c(c1)OCCO2. The first-order valence-electron chi connectivity index (χ1n) is 10.3.